The standard InChI is InChI=1S/C6H12O4.2C3H6O2/c1-2-6(9)10-4-5(8)3-7;2*1-2-3(4)5/h5,7-8H,2-4H2,1H3;2*2H2,1H3,(H,4,5). The van der Waals surface area contributed by atoms with Crippen molar-refractivity contribution in [2.24, 2.45) is 0 Å². The molecule has 0 fully saturated rings. The molecule has 1 unspecified atom stereocenters. The largest absolute Gasteiger partial charge is 0.481 e. The quantitative estimate of drug-likeness (QED) is 0.511. The van der Waals surface area contributed by atoms with Crippen molar-refractivity contribution in [3.05, 3.63) is 0 Å². The van der Waals surface area contributed by atoms with E-state index in [0.29, 0.717) is 0 Å². The summed E-state index contributed by atoms with van der Waals surface area (Å²) >= 11 is 0. The molecule has 120 valence electrons. The fourth-order valence-electron chi connectivity index (χ4n) is 0.344. The average Bonchev–Trinajstić information content (AvgIpc) is 2.45. The van der Waals surface area contributed by atoms with Crippen LogP contribution in [-0.2, 0) is 19.1 Å². The summed E-state index contributed by atoms with van der Waals surface area (Å²) < 4.78 is 4.49. The van der Waals surface area contributed by atoms with E-state index < -0.39 is 18.0 Å². The van der Waals surface area contributed by atoms with Crippen molar-refractivity contribution in [3.8, 4) is 0 Å². The normalized spacial score (nSPS) is 10.1. The fraction of sp³-hybridized carbons (Fsp3) is 0.750. The van der Waals surface area contributed by atoms with Gasteiger partial charge in [0.25, 0.3) is 0 Å². The summed E-state index contributed by atoms with van der Waals surface area (Å²) in [7, 11) is 0. The van der Waals surface area contributed by atoms with Crippen molar-refractivity contribution < 1.29 is 39.5 Å². The Morgan fingerprint density at radius 2 is 1.30 bits per heavy atom. The highest BCUT2D eigenvalue weighted by Crippen LogP contribution is 1.87. The summed E-state index contributed by atoms with van der Waals surface area (Å²) in [6.07, 6.45) is -0.214. The van der Waals surface area contributed by atoms with Crippen LogP contribution >= 0.6 is 0 Å². The molecule has 0 aliphatic rings. The van der Waals surface area contributed by atoms with Gasteiger partial charge in [0.2, 0.25) is 0 Å². The van der Waals surface area contributed by atoms with E-state index in [1.165, 1.54) is 0 Å². The molecule has 0 saturated heterocycles. The lowest BCUT2D eigenvalue weighted by atomic mass is 10.4. The molecule has 20 heavy (non-hydrogen) atoms. The first-order valence-electron chi connectivity index (χ1n) is 6.13. The van der Waals surface area contributed by atoms with Crippen LogP contribution < -0.4 is 0 Å². The zero-order chi connectivity index (χ0) is 16.6. The van der Waals surface area contributed by atoms with E-state index >= 15 is 0 Å². The van der Waals surface area contributed by atoms with E-state index in [4.69, 9.17) is 20.4 Å². The van der Waals surface area contributed by atoms with Gasteiger partial charge in [-0.05, 0) is 0 Å². The van der Waals surface area contributed by atoms with Crippen LogP contribution in [0.3, 0.4) is 0 Å². The molecular weight excluding hydrogens is 272 g/mol. The van der Waals surface area contributed by atoms with Crippen LogP contribution in [0.5, 0.6) is 0 Å². The van der Waals surface area contributed by atoms with E-state index in [-0.39, 0.29) is 38.4 Å². The number of esters is 1. The van der Waals surface area contributed by atoms with Crippen LogP contribution in [0.15, 0.2) is 0 Å². The number of aliphatic carboxylic acids is 2. The maximum absolute atomic E-state index is 10.4. The third-order valence-corrected chi connectivity index (χ3v) is 1.54. The highest BCUT2D eigenvalue weighted by molar-refractivity contribution is 5.68. The first-order chi connectivity index (χ1) is 9.24. The minimum absolute atomic E-state index is 0.122. The van der Waals surface area contributed by atoms with Crippen molar-refractivity contribution in [1.82, 2.24) is 0 Å². The maximum Gasteiger partial charge on any atom is 0.305 e. The van der Waals surface area contributed by atoms with Gasteiger partial charge in [0.1, 0.15) is 12.7 Å². The lowest BCUT2D eigenvalue weighted by Crippen LogP contribution is -2.21. The number of carboxylic acid groups (broad SMARTS) is 2. The van der Waals surface area contributed by atoms with Crippen LogP contribution in [-0.4, -0.2) is 57.7 Å². The van der Waals surface area contributed by atoms with Crippen molar-refractivity contribution in [2.45, 2.75) is 46.1 Å². The van der Waals surface area contributed by atoms with Crippen molar-refractivity contribution in [1.29, 1.82) is 0 Å². The summed E-state index contributed by atoms with van der Waals surface area (Å²) in [6, 6.07) is 0. The van der Waals surface area contributed by atoms with Crippen molar-refractivity contribution >= 4 is 17.9 Å². The van der Waals surface area contributed by atoms with Gasteiger partial charge in [0.15, 0.2) is 0 Å². The number of aliphatic hydroxyl groups is 2. The van der Waals surface area contributed by atoms with Gasteiger partial charge >= 0.3 is 17.9 Å². The Morgan fingerprint density at radius 1 is 0.950 bits per heavy atom. The first-order valence-corrected chi connectivity index (χ1v) is 6.13. The molecule has 8 nitrogen and oxygen atoms in total. The van der Waals surface area contributed by atoms with E-state index in [2.05, 4.69) is 4.74 Å². The Morgan fingerprint density at radius 3 is 1.50 bits per heavy atom. The summed E-state index contributed by atoms with van der Waals surface area (Å²) in [4.78, 5) is 29.2. The minimum atomic E-state index is -0.949. The second-order valence-electron chi connectivity index (χ2n) is 3.37. The summed E-state index contributed by atoms with van der Waals surface area (Å²) in [6.45, 7) is 4.36. The van der Waals surface area contributed by atoms with Gasteiger partial charge in [-0.3, -0.25) is 14.4 Å². The predicted molar refractivity (Wildman–Crippen MR) is 70.2 cm³/mol. The number of carboxylic acids is 2. The number of hydrogen-bond donors (Lipinski definition) is 4. The zero-order valence-corrected chi connectivity index (χ0v) is 12.0. The highest BCUT2D eigenvalue weighted by atomic mass is 16.5. The predicted octanol–water partition coefficient (Wildman–Crippen LogP) is 0.255. The van der Waals surface area contributed by atoms with Gasteiger partial charge in [-0.2, -0.15) is 0 Å². The molecule has 0 heterocycles. The van der Waals surface area contributed by atoms with E-state index in [9.17, 15) is 14.4 Å². The Bertz CT molecular complexity index is 250. The van der Waals surface area contributed by atoms with Gasteiger partial charge in [-0.25, -0.2) is 0 Å². The molecule has 0 amide bonds. The number of carbonyl (C=O) groups excluding carboxylic acids is 1. The second-order valence-corrected chi connectivity index (χ2v) is 3.37. The maximum atomic E-state index is 10.4. The number of carbonyl (C=O) groups is 3. The Kier molecular flexibility index (Phi) is 20.3. The molecule has 0 aliphatic heterocycles. The summed E-state index contributed by atoms with van der Waals surface area (Å²) in [5.74, 6) is -1.86. The molecular formula is C12H24O8. The molecule has 0 aromatic carbocycles. The van der Waals surface area contributed by atoms with Gasteiger partial charge in [-0.1, -0.05) is 20.8 Å². The van der Waals surface area contributed by atoms with Gasteiger partial charge < -0.3 is 25.2 Å². The summed E-state index contributed by atoms with van der Waals surface area (Å²) in [5, 5.41) is 32.4. The fourth-order valence-corrected chi connectivity index (χ4v) is 0.344. The molecule has 0 bridgehead atoms. The van der Waals surface area contributed by atoms with Gasteiger partial charge in [0, 0.05) is 19.3 Å². The van der Waals surface area contributed by atoms with Crippen molar-refractivity contribution in [2.75, 3.05) is 13.2 Å². The molecule has 0 rings (SSSR count). The highest BCUT2D eigenvalue weighted by Gasteiger charge is 2.04. The Labute approximate surface area is 118 Å². The Balaban J connectivity index is -0.000000244. The molecule has 0 aromatic rings. The summed E-state index contributed by atoms with van der Waals surface area (Å²) in [5.41, 5.74) is 0. The molecule has 0 aromatic heterocycles. The second kappa shape index (κ2) is 17.3. The SMILES string of the molecule is CCC(=O)O.CCC(=O)O.CCC(=O)OCC(O)CO. The van der Waals surface area contributed by atoms with Crippen molar-refractivity contribution in [3.63, 3.8) is 0 Å². The Hall–Kier alpha value is -1.67. The van der Waals surface area contributed by atoms with E-state index in [1.54, 1.807) is 20.8 Å². The first kappa shape index (κ1) is 23.4. The van der Waals surface area contributed by atoms with Crippen LogP contribution in [0.2, 0.25) is 0 Å². The van der Waals surface area contributed by atoms with Crippen LogP contribution in [0.25, 0.3) is 0 Å². The number of ether oxygens (including phenoxy) is 1. The molecule has 0 spiro atoms. The van der Waals surface area contributed by atoms with E-state index in [1.807, 2.05) is 0 Å². The number of rotatable bonds is 6. The van der Waals surface area contributed by atoms with Crippen LogP contribution in [0.1, 0.15) is 40.0 Å². The number of hydrogen-bond acceptors (Lipinski definition) is 6. The van der Waals surface area contributed by atoms with E-state index in [0.717, 1.165) is 0 Å². The molecule has 8 heteroatoms. The molecule has 1 atom stereocenters. The lowest BCUT2D eigenvalue weighted by molar-refractivity contribution is -0.147. The lowest BCUT2D eigenvalue weighted by Gasteiger charge is -2.06. The van der Waals surface area contributed by atoms with Gasteiger partial charge in [-0.15, -0.1) is 0 Å². The molecule has 0 radical (unpaired) electrons. The number of aliphatic hydroxyl groups excluding tert-OH is 2. The molecule has 0 aliphatic carbocycles. The van der Waals surface area contributed by atoms with Gasteiger partial charge in [0.05, 0.1) is 6.61 Å². The minimum Gasteiger partial charge on any atom is -0.481 e. The topological polar surface area (TPSA) is 141 Å². The van der Waals surface area contributed by atoms with Crippen LogP contribution in [0.4, 0.5) is 0 Å². The average molecular weight is 296 g/mol. The monoisotopic (exact) mass is 296 g/mol. The van der Waals surface area contributed by atoms with Crippen LogP contribution in [0, 0.1) is 0 Å². The molecule has 4 N–H and O–H groups in total. The third kappa shape index (κ3) is 29.9. The third-order valence-electron chi connectivity index (χ3n) is 1.54. The molecule has 0 saturated carbocycles. The smallest absolute Gasteiger partial charge is 0.305 e. The zero-order valence-electron chi connectivity index (χ0n) is 12.0.